The highest BCUT2D eigenvalue weighted by Crippen LogP contribution is 2.31. The first-order valence-electron chi connectivity index (χ1n) is 7.88. The summed E-state index contributed by atoms with van der Waals surface area (Å²) in [7, 11) is -2.94. The Bertz CT molecular complexity index is 1170. The van der Waals surface area contributed by atoms with E-state index < -0.39 is 27.3 Å². The summed E-state index contributed by atoms with van der Waals surface area (Å²) in [6, 6.07) is 10.2. The van der Waals surface area contributed by atoms with Crippen LogP contribution in [0.15, 0.2) is 57.9 Å². The predicted molar refractivity (Wildman–Crippen MR) is 97.4 cm³/mol. The summed E-state index contributed by atoms with van der Waals surface area (Å²) in [5.41, 5.74) is 0.346. The molecule has 1 atom stereocenters. The molecule has 0 fully saturated rings. The molecule has 138 valence electrons. The minimum absolute atomic E-state index is 0.116. The molecule has 4 rings (SSSR count). The average molecular weight is 406 g/mol. The van der Waals surface area contributed by atoms with Crippen LogP contribution in [0.1, 0.15) is 9.67 Å². The van der Waals surface area contributed by atoms with E-state index in [-0.39, 0.29) is 17.2 Å². The number of hydrogen-bond acceptors (Lipinski definition) is 5. The zero-order chi connectivity index (χ0) is 19.0. The molecule has 1 aromatic heterocycles. The zero-order valence-electron chi connectivity index (χ0n) is 13.7. The Morgan fingerprint density at radius 1 is 1.19 bits per heavy atom. The molecule has 0 bridgehead atoms. The second-order valence-electron chi connectivity index (χ2n) is 5.69. The lowest BCUT2D eigenvalue weighted by Crippen LogP contribution is -2.21. The monoisotopic (exact) mass is 406 g/mol. The van der Waals surface area contributed by atoms with Crippen molar-refractivity contribution in [3.05, 3.63) is 65.2 Å². The van der Waals surface area contributed by atoms with Crippen molar-refractivity contribution in [2.24, 2.45) is 4.36 Å². The molecule has 0 saturated carbocycles. The third kappa shape index (κ3) is 3.35. The standard InChI is InChI=1S/C18H12F2N2O3S2/c19-12-6-5-11(9-13(12)20)18-21-10-15(26-18)17(23)22-27(24)8-7-25-14-3-1-2-4-16(14)27/h1-6,9-10H,7-8H2. The van der Waals surface area contributed by atoms with Crippen LogP contribution in [0, 0.1) is 11.6 Å². The lowest BCUT2D eigenvalue weighted by atomic mass is 10.2. The number of fused-ring (bicyclic) bond motifs is 1. The largest absolute Gasteiger partial charge is 0.491 e. The summed E-state index contributed by atoms with van der Waals surface area (Å²) in [6.45, 7) is 0.204. The second kappa shape index (κ2) is 6.82. The molecule has 2 heterocycles. The van der Waals surface area contributed by atoms with E-state index in [1.165, 1.54) is 12.3 Å². The number of aromatic nitrogens is 1. The first-order chi connectivity index (χ1) is 13.0. The summed E-state index contributed by atoms with van der Waals surface area (Å²) in [6.07, 6.45) is 1.29. The topological polar surface area (TPSA) is 68.6 Å². The highest BCUT2D eigenvalue weighted by molar-refractivity contribution is 7.94. The maximum atomic E-state index is 13.4. The Morgan fingerprint density at radius 2 is 2.00 bits per heavy atom. The highest BCUT2D eigenvalue weighted by atomic mass is 32.2. The number of halogens is 2. The van der Waals surface area contributed by atoms with Gasteiger partial charge in [0.1, 0.15) is 22.2 Å². The maximum Gasteiger partial charge on any atom is 0.297 e. The number of carbonyl (C=O) groups excluding carboxylic acids is 1. The van der Waals surface area contributed by atoms with Crippen LogP contribution in [0.2, 0.25) is 0 Å². The lowest BCUT2D eigenvalue weighted by Gasteiger charge is -2.20. The van der Waals surface area contributed by atoms with Gasteiger partial charge in [-0.05, 0) is 30.3 Å². The first kappa shape index (κ1) is 17.7. The minimum Gasteiger partial charge on any atom is -0.491 e. The third-order valence-electron chi connectivity index (χ3n) is 3.92. The second-order valence-corrected chi connectivity index (χ2v) is 9.04. The van der Waals surface area contributed by atoms with Crippen molar-refractivity contribution in [3.63, 3.8) is 0 Å². The number of para-hydroxylation sites is 1. The van der Waals surface area contributed by atoms with Gasteiger partial charge in [0.2, 0.25) is 0 Å². The van der Waals surface area contributed by atoms with Gasteiger partial charge in [-0.2, -0.15) is 4.36 Å². The Labute approximate surface area is 157 Å². The molecule has 9 heteroatoms. The van der Waals surface area contributed by atoms with Gasteiger partial charge in [-0.25, -0.2) is 18.0 Å². The van der Waals surface area contributed by atoms with Crippen molar-refractivity contribution in [3.8, 4) is 16.3 Å². The molecular weight excluding hydrogens is 394 g/mol. The summed E-state index contributed by atoms with van der Waals surface area (Å²) in [4.78, 5) is 17.2. The Balaban J connectivity index is 1.69. The summed E-state index contributed by atoms with van der Waals surface area (Å²) in [5, 5.41) is 0.342. The van der Waals surface area contributed by atoms with Gasteiger partial charge in [-0.15, -0.1) is 11.3 Å². The molecule has 3 aromatic rings. The highest BCUT2D eigenvalue weighted by Gasteiger charge is 2.25. The van der Waals surface area contributed by atoms with Gasteiger partial charge >= 0.3 is 0 Å². The lowest BCUT2D eigenvalue weighted by molar-refractivity contribution is 0.101. The van der Waals surface area contributed by atoms with E-state index in [2.05, 4.69) is 9.35 Å². The van der Waals surface area contributed by atoms with Crippen LogP contribution in [0.3, 0.4) is 0 Å². The van der Waals surface area contributed by atoms with Crippen LogP contribution in [-0.2, 0) is 9.73 Å². The maximum absolute atomic E-state index is 13.4. The SMILES string of the molecule is O=C(N=S1(=O)CCOc2ccccc21)c1cnc(-c2ccc(F)c(F)c2)s1. The van der Waals surface area contributed by atoms with Crippen molar-refractivity contribution in [1.29, 1.82) is 0 Å². The van der Waals surface area contributed by atoms with Crippen molar-refractivity contribution in [2.45, 2.75) is 4.90 Å². The Kier molecular flexibility index (Phi) is 4.48. The van der Waals surface area contributed by atoms with E-state index in [1.807, 2.05) is 0 Å². The van der Waals surface area contributed by atoms with Gasteiger partial charge in [0.15, 0.2) is 11.6 Å². The van der Waals surface area contributed by atoms with Gasteiger partial charge < -0.3 is 4.74 Å². The van der Waals surface area contributed by atoms with E-state index in [4.69, 9.17) is 4.74 Å². The number of amides is 1. The molecule has 2 aromatic carbocycles. The molecule has 27 heavy (non-hydrogen) atoms. The fourth-order valence-electron chi connectivity index (χ4n) is 2.62. The van der Waals surface area contributed by atoms with Crippen molar-refractivity contribution >= 4 is 27.0 Å². The third-order valence-corrected chi connectivity index (χ3v) is 7.16. The van der Waals surface area contributed by atoms with Crippen LogP contribution in [0.5, 0.6) is 5.75 Å². The van der Waals surface area contributed by atoms with E-state index in [9.17, 15) is 17.8 Å². The molecule has 1 aliphatic heterocycles. The summed E-state index contributed by atoms with van der Waals surface area (Å²) in [5.74, 6) is -2.05. The van der Waals surface area contributed by atoms with E-state index in [0.29, 0.717) is 21.2 Å². The van der Waals surface area contributed by atoms with Crippen LogP contribution in [0.25, 0.3) is 10.6 Å². The molecule has 0 spiro atoms. The quantitative estimate of drug-likeness (QED) is 0.641. The first-order valence-corrected chi connectivity index (χ1v) is 10.4. The number of ether oxygens (including phenoxy) is 1. The molecule has 0 N–H and O–H groups in total. The van der Waals surface area contributed by atoms with Gasteiger partial charge in [0, 0.05) is 5.56 Å². The van der Waals surface area contributed by atoms with Crippen LogP contribution in [-0.4, -0.2) is 27.5 Å². The normalized spacial score (nSPS) is 18.4. The fraction of sp³-hybridized carbons (Fsp3) is 0.111. The molecule has 5 nitrogen and oxygen atoms in total. The molecule has 1 amide bonds. The van der Waals surface area contributed by atoms with Crippen LogP contribution >= 0.6 is 11.3 Å². The van der Waals surface area contributed by atoms with E-state index in [0.717, 1.165) is 23.5 Å². The van der Waals surface area contributed by atoms with E-state index in [1.54, 1.807) is 24.3 Å². The number of hydrogen-bond donors (Lipinski definition) is 0. The molecular formula is C18H12F2N2O3S2. The Hall–Kier alpha value is -2.65. The average Bonchev–Trinajstić information content (AvgIpc) is 3.15. The number of carbonyl (C=O) groups is 1. The number of thiazole rings is 1. The van der Waals surface area contributed by atoms with Crippen molar-refractivity contribution < 1.29 is 22.5 Å². The van der Waals surface area contributed by atoms with Gasteiger partial charge in [-0.3, -0.25) is 4.79 Å². The van der Waals surface area contributed by atoms with Crippen LogP contribution < -0.4 is 4.74 Å². The number of benzene rings is 2. The molecule has 0 saturated heterocycles. The minimum atomic E-state index is -2.94. The Morgan fingerprint density at radius 3 is 2.81 bits per heavy atom. The smallest absolute Gasteiger partial charge is 0.297 e. The van der Waals surface area contributed by atoms with Crippen molar-refractivity contribution in [2.75, 3.05) is 12.4 Å². The molecule has 0 aliphatic carbocycles. The van der Waals surface area contributed by atoms with Gasteiger partial charge in [0.05, 0.1) is 26.6 Å². The van der Waals surface area contributed by atoms with Crippen molar-refractivity contribution in [1.82, 2.24) is 4.98 Å². The van der Waals surface area contributed by atoms with Crippen LogP contribution in [0.4, 0.5) is 8.78 Å². The number of nitrogens with zero attached hydrogens (tertiary/aromatic N) is 2. The number of rotatable bonds is 2. The summed E-state index contributed by atoms with van der Waals surface area (Å²) >= 11 is 0.977. The molecule has 1 unspecified atom stereocenters. The summed E-state index contributed by atoms with van der Waals surface area (Å²) < 4.78 is 49.1. The van der Waals surface area contributed by atoms with Gasteiger partial charge in [0.25, 0.3) is 5.91 Å². The molecule has 1 aliphatic rings. The predicted octanol–water partition coefficient (Wildman–Crippen LogP) is 4.15. The fourth-order valence-corrected chi connectivity index (χ4v) is 5.29. The van der Waals surface area contributed by atoms with Gasteiger partial charge in [-0.1, -0.05) is 12.1 Å². The molecule has 0 radical (unpaired) electrons. The van der Waals surface area contributed by atoms with E-state index >= 15 is 0 Å². The zero-order valence-corrected chi connectivity index (χ0v) is 15.4.